The summed E-state index contributed by atoms with van der Waals surface area (Å²) in [4.78, 5) is 3.16. The highest BCUT2D eigenvalue weighted by atomic mass is 16.5. The molecule has 1 heterocycles. The highest BCUT2D eigenvalue weighted by molar-refractivity contribution is 5.80. The molecule has 3 nitrogen and oxygen atoms in total. The summed E-state index contributed by atoms with van der Waals surface area (Å²) in [6.07, 6.45) is 3.04. The van der Waals surface area contributed by atoms with Gasteiger partial charge in [0.05, 0.1) is 6.61 Å². The lowest BCUT2D eigenvalue weighted by Crippen LogP contribution is -2.08. The Kier molecular flexibility index (Phi) is 4.65. The van der Waals surface area contributed by atoms with Gasteiger partial charge in [-0.05, 0) is 36.6 Å². The number of rotatable bonds is 7. The molecule has 18 heavy (non-hydrogen) atoms. The maximum Gasteiger partial charge on any atom is 0.120 e. The van der Waals surface area contributed by atoms with Gasteiger partial charge in [0.15, 0.2) is 0 Å². The van der Waals surface area contributed by atoms with Crippen LogP contribution in [0.15, 0.2) is 30.5 Å². The Morgan fingerprint density at radius 1 is 1.11 bits per heavy atom. The van der Waals surface area contributed by atoms with Gasteiger partial charge < -0.3 is 14.5 Å². The molecule has 0 aliphatic carbocycles. The van der Waals surface area contributed by atoms with E-state index >= 15 is 0 Å². The van der Waals surface area contributed by atoms with E-state index in [0.717, 1.165) is 24.3 Å². The number of ether oxygens (including phenoxy) is 2. The third-order valence-electron chi connectivity index (χ3n) is 2.86. The second-order valence-corrected chi connectivity index (χ2v) is 4.87. The largest absolute Gasteiger partial charge is 0.491 e. The Morgan fingerprint density at radius 2 is 2.00 bits per heavy atom. The molecular weight excluding hydrogens is 226 g/mol. The SMILES string of the molecule is CC(C)CCOCCOc1ccc2[nH]ccc2c1. The Bertz CT molecular complexity index is 476. The van der Waals surface area contributed by atoms with E-state index in [1.807, 2.05) is 30.5 Å². The van der Waals surface area contributed by atoms with Crippen molar-refractivity contribution >= 4 is 10.9 Å². The maximum atomic E-state index is 5.65. The second kappa shape index (κ2) is 6.45. The fraction of sp³-hybridized carbons (Fsp3) is 0.467. The van der Waals surface area contributed by atoms with E-state index in [2.05, 4.69) is 18.8 Å². The fourth-order valence-corrected chi connectivity index (χ4v) is 1.76. The highest BCUT2D eigenvalue weighted by Crippen LogP contribution is 2.19. The van der Waals surface area contributed by atoms with Crippen molar-refractivity contribution in [3.63, 3.8) is 0 Å². The Balaban J connectivity index is 1.70. The van der Waals surface area contributed by atoms with Crippen molar-refractivity contribution in [1.29, 1.82) is 0 Å². The zero-order chi connectivity index (χ0) is 12.8. The molecular formula is C15H21NO2. The Hall–Kier alpha value is -1.48. The van der Waals surface area contributed by atoms with E-state index in [1.165, 1.54) is 5.39 Å². The van der Waals surface area contributed by atoms with Crippen molar-refractivity contribution in [2.75, 3.05) is 19.8 Å². The summed E-state index contributed by atoms with van der Waals surface area (Å²) < 4.78 is 11.2. The lowest BCUT2D eigenvalue weighted by Gasteiger charge is -2.08. The Labute approximate surface area is 108 Å². The molecule has 0 saturated carbocycles. The molecule has 0 saturated heterocycles. The molecule has 0 radical (unpaired) electrons. The van der Waals surface area contributed by atoms with E-state index in [1.54, 1.807) is 0 Å². The van der Waals surface area contributed by atoms with Crippen LogP contribution in [0.1, 0.15) is 20.3 Å². The molecule has 1 N–H and O–H groups in total. The number of hydrogen-bond donors (Lipinski definition) is 1. The van der Waals surface area contributed by atoms with Gasteiger partial charge in [0.25, 0.3) is 0 Å². The van der Waals surface area contributed by atoms with Crippen LogP contribution < -0.4 is 4.74 Å². The van der Waals surface area contributed by atoms with Gasteiger partial charge in [0.1, 0.15) is 12.4 Å². The number of aromatic nitrogens is 1. The first-order chi connectivity index (χ1) is 8.75. The predicted molar refractivity (Wildman–Crippen MR) is 74.1 cm³/mol. The molecule has 0 aliphatic rings. The molecule has 0 spiro atoms. The third kappa shape index (κ3) is 3.77. The second-order valence-electron chi connectivity index (χ2n) is 4.87. The van der Waals surface area contributed by atoms with Crippen LogP contribution in [0.3, 0.4) is 0 Å². The normalized spacial score (nSPS) is 11.3. The monoisotopic (exact) mass is 247 g/mol. The molecule has 1 aromatic carbocycles. The van der Waals surface area contributed by atoms with Gasteiger partial charge in [-0.1, -0.05) is 13.8 Å². The number of H-pyrrole nitrogens is 1. The maximum absolute atomic E-state index is 5.65. The topological polar surface area (TPSA) is 34.2 Å². The molecule has 0 aliphatic heterocycles. The van der Waals surface area contributed by atoms with Gasteiger partial charge in [-0.25, -0.2) is 0 Å². The van der Waals surface area contributed by atoms with E-state index in [-0.39, 0.29) is 0 Å². The van der Waals surface area contributed by atoms with E-state index in [9.17, 15) is 0 Å². The van der Waals surface area contributed by atoms with Gasteiger partial charge in [0.2, 0.25) is 0 Å². The molecule has 2 rings (SSSR count). The van der Waals surface area contributed by atoms with E-state index < -0.39 is 0 Å². The van der Waals surface area contributed by atoms with Crippen LogP contribution in [0.5, 0.6) is 5.75 Å². The summed E-state index contributed by atoms with van der Waals surface area (Å²) in [5, 5.41) is 1.17. The van der Waals surface area contributed by atoms with Crippen LogP contribution in [-0.2, 0) is 4.74 Å². The Morgan fingerprint density at radius 3 is 2.83 bits per heavy atom. The molecule has 0 unspecified atom stereocenters. The zero-order valence-electron chi connectivity index (χ0n) is 11.1. The van der Waals surface area contributed by atoms with Crippen molar-refractivity contribution in [3.8, 4) is 5.75 Å². The minimum atomic E-state index is 0.605. The summed E-state index contributed by atoms with van der Waals surface area (Å²) >= 11 is 0. The van der Waals surface area contributed by atoms with Crippen molar-refractivity contribution in [3.05, 3.63) is 30.5 Å². The van der Waals surface area contributed by atoms with Crippen LogP contribution in [0.2, 0.25) is 0 Å². The van der Waals surface area contributed by atoms with Crippen LogP contribution >= 0.6 is 0 Å². The predicted octanol–water partition coefficient (Wildman–Crippen LogP) is 3.61. The van der Waals surface area contributed by atoms with Crippen molar-refractivity contribution in [1.82, 2.24) is 4.98 Å². The van der Waals surface area contributed by atoms with Gasteiger partial charge in [-0.2, -0.15) is 0 Å². The van der Waals surface area contributed by atoms with E-state index in [4.69, 9.17) is 9.47 Å². The van der Waals surface area contributed by atoms with Crippen LogP contribution in [0.4, 0.5) is 0 Å². The molecule has 0 bridgehead atoms. The summed E-state index contributed by atoms with van der Waals surface area (Å²) in [6.45, 7) is 6.47. The first-order valence-electron chi connectivity index (χ1n) is 6.53. The van der Waals surface area contributed by atoms with Crippen LogP contribution in [-0.4, -0.2) is 24.8 Å². The van der Waals surface area contributed by atoms with Crippen molar-refractivity contribution < 1.29 is 9.47 Å². The molecule has 0 fully saturated rings. The third-order valence-corrected chi connectivity index (χ3v) is 2.86. The quantitative estimate of drug-likeness (QED) is 0.758. The van der Waals surface area contributed by atoms with Crippen molar-refractivity contribution in [2.45, 2.75) is 20.3 Å². The number of hydrogen-bond acceptors (Lipinski definition) is 2. The molecule has 3 heteroatoms. The lowest BCUT2D eigenvalue weighted by atomic mass is 10.1. The van der Waals surface area contributed by atoms with Gasteiger partial charge >= 0.3 is 0 Å². The molecule has 1 aromatic heterocycles. The standard InChI is InChI=1S/C15H21NO2/c1-12(2)6-8-17-9-10-18-14-3-4-15-13(11-14)5-7-16-15/h3-5,7,11-12,16H,6,8-10H2,1-2H3. The minimum Gasteiger partial charge on any atom is -0.491 e. The smallest absolute Gasteiger partial charge is 0.120 e. The molecule has 0 atom stereocenters. The van der Waals surface area contributed by atoms with Gasteiger partial charge in [-0.15, -0.1) is 0 Å². The number of aromatic amines is 1. The average molecular weight is 247 g/mol. The number of nitrogens with one attached hydrogen (secondary N) is 1. The summed E-state index contributed by atoms with van der Waals surface area (Å²) in [5.74, 6) is 1.59. The van der Waals surface area contributed by atoms with Crippen LogP contribution in [0, 0.1) is 5.92 Å². The van der Waals surface area contributed by atoms with Gasteiger partial charge in [0, 0.05) is 23.7 Å². The fourth-order valence-electron chi connectivity index (χ4n) is 1.76. The summed E-state index contributed by atoms with van der Waals surface area (Å²) in [5.41, 5.74) is 1.13. The summed E-state index contributed by atoms with van der Waals surface area (Å²) in [7, 11) is 0. The van der Waals surface area contributed by atoms with Crippen LogP contribution in [0.25, 0.3) is 10.9 Å². The molecule has 98 valence electrons. The zero-order valence-corrected chi connectivity index (χ0v) is 11.1. The van der Waals surface area contributed by atoms with Gasteiger partial charge in [-0.3, -0.25) is 0 Å². The van der Waals surface area contributed by atoms with Crippen molar-refractivity contribution in [2.24, 2.45) is 5.92 Å². The minimum absolute atomic E-state index is 0.605. The molecule has 0 amide bonds. The average Bonchev–Trinajstić information content (AvgIpc) is 2.80. The highest BCUT2D eigenvalue weighted by Gasteiger charge is 1.98. The number of benzene rings is 1. The molecule has 2 aromatic rings. The lowest BCUT2D eigenvalue weighted by molar-refractivity contribution is 0.0926. The first-order valence-corrected chi connectivity index (χ1v) is 6.53. The number of fused-ring (bicyclic) bond motifs is 1. The first kappa shape index (κ1) is 13.0. The summed E-state index contributed by atoms with van der Waals surface area (Å²) in [6, 6.07) is 8.10. The van der Waals surface area contributed by atoms with E-state index in [0.29, 0.717) is 19.1 Å².